The maximum absolute atomic E-state index is 12.3. The molecule has 1 amide bonds. The standard InChI is InChI=1S/C21H18ClN3O2/c1-25(14-16-4-2-15(12-23)3-5-16)21(26)11-10-20-24-13-19(27-20)17-6-8-18(22)9-7-17/h2-9,13H,10-11,14H2,1H3. The molecule has 0 bridgehead atoms. The number of oxazole rings is 1. The van der Waals surface area contributed by atoms with Crippen molar-refractivity contribution in [2.45, 2.75) is 19.4 Å². The lowest BCUT2D eigenvalue weighted by atomic mass is 10.1. The van der Waals surface area contributed by atoms with E-state index in [2.05, 4.69) is 11.1 Å². The van der Waals surface area contributed by atoms with Crippen LogP contribution in [0, 0.1) is 11.3 Å². The molecule has 27 heavy (non-hydrogen) atoms. The van der Waals surface area contributed by atoms with Gasteiger partial charge >= 0.3 is 0 Å². The average molecular weight is 380 g/mol. The summed E-state index contributed by atoms with van der Waals surface area (Å²) in [6.07, 6.45) is 2.40. The number of aryl methyl sites for hydroxylation is 1. The fraction of sp³-hybridized carbons (Fsp3) is 0.190. The Morgan fingerprint density at radius 3 is 2.56 bits per heavy atom. The molecule has 0 saturated heterocycles. The molecule has 1 aromatic heterocycles. The highest BCUT2D eigenvalue weighted by molar-refractivity contribution is 6.30. The lowest BCUT2D eigenvalue weighted by Crippen LogP contribution is -2.26. The van der Waals surface area contributed by atoms with Crippen LogP contribution in [-0.2, 0) is 17.8 Å². The van der Waals surface area contributed by atoms with Crippen LogP contribution in [-0.4, -0.2) is 22.8 Å². The third-order valence-electron chi connectivity index (χ3n) is 4.16. The van der Waals surface area contributed by atoms with Gasteiger partial charge in [0.05, 0.1) is 17.8 Å². The number of halogens is 1. The van der Waals surface area contributed by atoms with Gasteiger partial charge in [0, 0.05) is 37.0 Å². The topological polar surface area (TPSA) is 70.1 Å². The second kappa shape index (κ2) is 8.52. The van der Waals surface area contributed by atoms with E-state index in [1.54, 1.807) is 42.4 Å². The molecule has 5 nitrogen and oxygen atoms in total. The summed E-state index contributed by atoms with van der Waals surface area (Å²) >= 11 is 5.89. The van der Waals surface area contributed by atoms with Gasteiger partial charge in [0.25, 0.3) is 0 Å². The van der Waals surface area contributed by atoms with E-state index in [0.717, 1.165) is 11.1 Å². The molecule has 0 radical (unpaired) electrons. The van der Waals surface area contributed by atoms with E-state index < -0.39 is 0 Å². The van der Waals surface area contributed by atoms with Crippen molar-refractivity contribution in [3.63, 3.8) is 0 Å². The highest BCUT2D eigenvalue weighted by atomic mass is 35.5. The largest absolute Gasteiger partial charge is 0.441 e. The van der Waals surface area contributed by atoms with Crippen LogP contribution in [0.3, 0.4) is 0 Å². The molecule has 136 valence electrons. The minimum Gasteiger partial charge on any atom is -0.441 e. The van der Waals surface area contributed by atoms with E-state index in [1.807, 2.05) is 24.3 Å². The predicted octanol–water partition coefficient (Wildman–Crippen LogP) is 4.46. The van der Waals surface area contributed by atoms with Crippen molar-refractivity contribution in [1.82, 2.24) is 9.88 Å². The predicted molar refractivity (Wildman–Crippen MR) is 103 cm³/mol. The molecule has 0 N–H and O–H groups in total. The van der Waals surface area contributed by atoms with Crippen LogP contribution in [0.1, 0.15) is 23.4 Å². The van der Waals surface area contributed by atoms with Crippen LogP contribution in [0.15, 0.2) is 59.1 Å². The zero-order valence-electron chi connectivity index (χ0n) is 14.9. The van der Waals surface area contributed by atoms with Gasteiger partial charge in [-0.25, -0.2) is 4.98 Å². The van der Waals surface area contributed by atoms with Crippen LogP contribution < -0.4 is 0 Å². The maximum Gasteiger partial charge on any atom is 0.223 e. The van der Waals surface area contributed by atoms with E-state index in [-0.39, 0.29) is 5.91 Å². The molecular weight excluding hydrogens is 362 g/mol. The second-order valence-corrected chi connectivity index (χ2v) is 6.62. The average Bonchev–Trinajstić information content (AvgIpc) is 3.16. The van der Waals surface area contributed by atoms with Crippen LogP contribution in [0.2, 0.25) is 5.02 Å². The Bertz CT molecular complexity index is 956. The lowest BCUT2D eigenvalue weighted by molar-refractivity contribution is -0.130. The van der Waals surface area contributed by atoms with Gasteiger partial charge in [-0.3, -0.25) is 4.79 Å². The van der Waals surface area contributed by atoms with Gasteiger partial charge in [-0.05, 0) is 42.0 Å². The van der Waals surface area contributed by atoms with Gasteiger partial charge in [-0.2, -0.15) is 5.26 Å². The molecule has 0 unspecified atom stereocenters. The summed E-state index contributed by atoms with van der Waals surface area (Å²) in [7, 11) is 1.76. The van der Waals surface area contributed by atoms with Crippen molar-refractivity contribution < 1.29 is 9.21 Å². The fourth-order valence-electron chi connectivity index (χ4n) is 2.62. The number of hydrogen-bond acceptors (Lipinski definition) is 4. The first-order valence-corrected chi connectivity index (χ1v) is 8.86. The lowest BCUT2D eigenvalue weighted by Gasteiger charge is -2.17. The van der Waals surface area contributed by atoms with E-state index in [1.165, 1.54) is 0 Å². The summed E-state index contributed by atoms with van der Waals surface area (Å²) < 4.78 is 5.73. The van der Waals surface area contributed by atoms with E-state index in [4.69, 9.17) is 21.3 Å². The quantitative estimate of drug-likeness (QED) is 0.634. The fourth-order valence-corrected chi connectivity index (χ4v) is 2.75. The number of rotatable bonds is 6. The van der Waals surface area contributed by atoms with Gasteiger partial charge in [-0.1, -0.05) is 23.7 Å². The van der Waals surface area contributed by atoms with E-state index in [0.29, 0.717) is 41.6 Å². The number of carbonyl (C=O) groups excluding carboxylic acids is 1. The van der Waals surface area contributed by atoms with Gasteiger partial charge in [0.15, 0.2) is 11.7 Å². The number of nitriles is 1. The van der Waals surface area contributed by atoms with Gasteiger partial charge in [-0.15, -0.1) is 0 Å². The van der Waals surface area contributed by atoms with Crippen LogP contribution in [0.25, 0.3) is 11.3 Å². The minimum atomic E-state index is 0.00519. The number of hydrogen-bond donors (Lipinski definition) is 0. The third kappa shape index (κ3) is 4.96. The Morgan fingerprint density at radius 2 is 1.89 bits per heavy atom. The Labute approximate surface area is 162 Å². The van der Waals surface area contributed by atoms with Crippen molar-refractivity contribution in [2.24, 2.45) is 0 Å². The zero-order chi connectivity index (χ0) is 19.2. The van der Waals surface area contributed by atoms with Gasteiger partial charge in [0.2, 0.25) is 5.91 Å². The number of benzene rings is 2. The Morgan fingerprint density at radius 1 is 1.19 bits per heavy atom. The first-order chi connectivity index (χ1) is 13.0. The van der Waals surface area contributed by atoms with Crippen LogP contribution >= 0.6 is 11.6 Å². The maximum atomic E-state index is 12.3. The van der Waals surface area contributed by atoms with Crippen LogP contribution in [0.4, 0.5) is 0 Å². The van der Waals surface area contributed by atoms with Gasteiger partial charge in [0.1, 0.15) is 0 Å². The summed E-state index contributed by atoms with van der Waals surface area (Å²) in [6.45, 7) is 0.492. The summed E-state index contributed by atoms with van der Waals surface area (Å²) in [4.78, 5) is 18.3. The SMILES string of the molecule is CN(Cc1ccc(C#N)cc1)C(=O)CCc1ncc(-c2ccc(Cl)cc2)o1. The molecule has 0 aliphatic heterocycles. The number of nitrogens with zero attached hydrogens (tertiary/aromatic N) is 3. The summed E-state index contributed by atoms with van der Waals surface area (Å²) in [5.74, 6) is 1.19. The molecule has 6 heteroatoms. The van der Waals surface area contributed by atoms with E-state index >= 15 is 0 Å². The molecular formula is C21H18ClN3O2. The zero-order valence-corrected chi connectivity index (χ0v) is 15.6. The van der Waals surface area contributed by atoms with Crippen LogP contribution in [0.5, 0.6) is 0 Å². The molecule has 2 aromatic carbocycles. The number of amides is 1. The second-order valence-electron chi connectivity index (χ2n) is 6.18. The van der Waals surface area contributed by atoms with Crippen molar-refractivity contribution in [1.29, 1.82) is 5.26 Å². The highest BCUT2D eigenvalue weighted by Gasteiger charge is 2.13. The molecule has 0 aliphatic rings. The molecule has 0 atom stereocenters. The normalized spacial score (nSPS) is 10.4. The van der Waals surface area contributed by atoms with Crippen molar-refractivity contribution in [2.75, 3.05) is 7.05 Å². The Balaban J connectivity index is 1.54. The Hall–Kier alpha value is -3.10. The highest BCUT2D eigenvalue weighted by Crippen LogP contribution is 2.22. The van der Waals surface area contributed by atoms with E-state index in [9.17, 15) is 4.79 Å². The third-order valence-corrected chi connectivity index (χ3v) is 4.42. The Kier molecular flexibility index (Phi) is 5.90. The first-order valence-electron chi connectivity index (χ1n) is 8.49. The van der Waals surface area contributed by atoms with Crippen molar-refractivity contribution >= 4 is 17.5 Å². The molecule has 0 saturated carbocycles. The first kappa shape index (κ1) is 18.7. The minimum absolute atomic E-state index is 0.00519. The molecule has 0 fully saturated rings. The summed E-state index contributed by atoms with van der Waals surface area (Å²) in [6, 6.07) is 16.6. The summed E-state index contributed by atoms with van der Waals surface area (Å²) in [5, 5.41) is 9.49. The molecule has 3 rings (SSSR count). The number of carbonyl (C=O) groups is 1. The van der Waals surface area contributed by atoms with Crippen molar-refractivity contribution in [3.8, 4) is 17.4 Å². The monoisotopic (exact) mass is 379 g/mol. The molecule has 0 spiro atoms. The molecule has 0 aliphatic carbocycles. The van der Waals surface area contributed by atoms with Crippen molar-refractivity contribution in [3.05, 3.63) is 76.8 Å². The van der Waals surface area contributed by atoms with Gasteiger partial charge < -0.3 is 9.32 Å². The summed E-state index contributed by atoms with van der Waals surface area (Å²) in [5.41, 5.74) is 2.47. The smallest absolute Gasteiger partial charge is 0.223 e. The molecule has 1 heterocycles. The molecule has 3 aromatic rings. The number of aromatic nitrogens is 1.